The average Bonchev–Trinajstić information content (AvgIpc) is 3.05. The summed E-state index contributed by atoms with van der Waals surface area (Å²) < 4.78 is 5.83. The second-order valence-electron chi connectivity index (χ2n) is 7.08. The fraction of sp³-hybridized carbons (Fsp3) is 0.889. The van der Waals surface area contributed by atoms with Crippen LogP contribution in [0.5, 0.6) is 0 Å². The molecule has 2 fully saturated rings. The Balaban J connectivity index is 1.67. The van der Waals surface area contributed by atoms with Crippen molar-refractivity contribution >= 4 is 0 Å². The van der Waals surface area contributed by atoms with Crippen LogP contribution in [0.25, 0.3) is 0 Å². The van der Waals surface area contributed by atoms with Crippen molar-refractivity contribution in [3.63, 3.8) is 0 Å². The molecule has 1 aromatic heterocycles. The first-order valence-electron chi connectivity index (χ1n) is 9.35. The molecule has 1 heterocycles. The van der Waals surface area contributed by atoms with Crippen molar-refractivity contribution in [3.8, 4) is 0 Å². The van der Waals surface area contributed by atoms with Crippen molar-refractivity contribution in [1.82, 2.24) is 15.2 Å². The zero-order valence-corrected chi connectivity index (χ0v) is 14.2. The van der Waals surface area contributed by atoms with Crippen LogP contribution in [0.1, 0.15) is 95.1 Å². The van der Waals surface area contributed by atoms with E-state index in [1.54, 1.807) is 0 Å². The molecule has 124 valence electrons. The van der Waals surface area contributed by atoms with E-state index in [-0.39, 0.29) is 0 Å². The molecular weight excluding hydrogens is 274 g/mol. The Labute approximate surface area is 134 Å². The third-order valence-corrected chi connectivity index (χ3v) is 5.70. The molecule has 0 amide bonds. The molecule has 2 saturated carbocycles. The molecule has 3 rings (SSSR count). The number of hydrogen-bond donors (Lipinski definition) is 1. The van der Waals surface area contributed by atoms with Gasteiger partial charge in [-0.3, -0.25) is 5.10 Å². The zero-order valence-electron chi connectivity index (χ0n) is 14.2. The van der Waals surface area contributed by atoms with Crippen molar-refractivity contribution in [2.45, 2.75) is 89.6 Å². The molecule has 4 nitrogen and oxygen atoms in total. The van der Waals surface area contributed by atoms with Gasteiger partial charge in [0.2, 0.25) is 0 Å². The smallest absolute Gasteiger partial charge is 0.153 e. The van der Waals surface area contributed by atoms with Gasteiger partial charge in [-0.25, -0.2) is 4.98 Å². The number of aromatic amines is 1. The van der Waals surface area contributed by atoms with Gasteiger partial charge < -0.3 is 4.74 Å². The Morgan fingerprint density at radius 2 is 1.95 bits per heavy atom. The highest BCUT2D eigenvalue weighted by atomic mass is 16.5. The Bertz CT molecular complexity index is 457. The fourth-order valence-electron chi connectivity index (χ4n) is 4.46. The van der Waals surface area contributed by atoms with Gasteiger partial charge in [0.05, 0.1) is 6.10 Å². The summed E-state index contributed by atoms with van der Waals surface area (Å²) in [6.45, 7) is 5.22. The number of aromatic nitrogens is 3. The number of nitrogens with one attached hydrogen (secondary N) is 1. The van der Waals surface area contributed by atoms with Crippen LogP contribution in [0.2, 0.25) is 0 Å². The summed E-state index contributed by atoms with van der Waals surface area (Å²) in [7, 11) is 0. The normalized spacial score (nSPS) is 33.0. The summed E-state index contributed by atoms with van der Waals surface area (Å²) in [6.07, 6.45) is 11.8. The van der Waals surface area contributed by atoms with Crippen molar-refractivity contribution in [3.05, 3.63) is 11.6 Å². The molecule has 22 heavy (non-hydrogen) atoms. The molecule has 0 spiro atoms. The minimum atomic E-state index is 0.406. The number of nitrogens with zero attached hydrogens (tertiary/aromatic N) is 2. The lowest BCUT2D eigenvalue weighted by Gasteiger charge is -2.29. The zero-order chi connectivity index (χ0) is 15.4. The second-order valence-corrected chi connectivity index (χ2v) is 7.08. The molecule has 4 heteroatoms. The molecular formula is C18H31N3O. The van der Waals surface area contributed by atoms with Gasteiger partial charge in [-0.15, -0.1) is 0 Å². The van der Waals surface area contributed by atoms with E-state index in [1.807, 2.05) is 0 Å². The van der Waals surface area contributed by atoms with E-state index in [0.29, 0.717) is 17.9 Å². The van der Waals surface area contributed by atoms with Crippen molar-refractivity contribution in [2.24, 2.45) is 5.92 Å². The highest BCUT2D eigenvalue weighted by Gasteiger charge is 2.30. The van der Waals surface area contributed by atoms with Gasteiger partial charge >= 0.3 is 0 Å². The number of hydrogen-bond acceptors (Lipinski definition) is 3. The third-order valence-electron chi connectivity index (χ3n) is 5.70. The average molecular weight is 305 g/mol. The van der Waals surface area contributed by atoms with E-state index >= 15 is 0 Å². The van der Waals surface area contributed by atoms with Crippen LogP contribution in [-0.2, 0) is 4.74 Å². The van der Waals surface area contributed by atoms with E-state index in [1.165, 1.54) is 51.4 Å². The maximum absolute atomic E-state index is 5.83. The van der Waals surface area contributed by atoms with E-state index in [2.05, 4.69) is 24.0 Å². The summed E-state index contributed by atoms with van der Waals surface area (Å²) in [4.78, 5) is 4.93. The maximum Gasteiger partial charge on any atom is 0.153 e. The minimum Gasteiger partial charge on any atom is -0.378 e. The van der Waals surface area contributed by atoms with E-state index < -0.39 is 0 Å². The van der Waals surface area contributed by atoms with Gasteiger partial charge in [-0.2, -0.15) is 5.10 Å². The van der Waals surface area contributed by atoms with E-state index in [4.69, 9.17) is 9.72 Å². The lowest BCUT2D eigenvalue weighted by Crippen LogP contribution is -2.22. The molecule has 1 aromatic rings. The number of ether oxygens (including phenoxy) is 1. The summed E-state index contributed by atoms with van der Waals surface area (Å²) >= 11 is 0. The lowest BCUT2D eigenvalue weighted by molar-refractivity contribution is 0.0299. The van der Waals surface area contributed by atoms with Gasteiger partial charge in [0.25, 0.3) is 0 Å². The van der Waals surface area contributed by atoms with Crippen molar-refractivity contribution in [1.29, 1.82) is 0 Å². The predicted octanol–water partition coefficient (Wildman–Crippen LogP) is 4.55. The molecule has 0 aromatic carbocycles. The Morgan fingerprint density at radius 3 is 2.77 bits per heavy atom. The molecule has 1 N–H and O–H groups in total. The SMILES string of the molecule is CCOC1CCCC(c2n[nH]c(C3CCCCC3CC)n2)C1. The first-order chi connectivity index (χ1) is 10.8. The topological polar surface area (TPSA) is 50.8 Å². The minimum absolute atomic E-state index is 0.406. The van der Waals surface area contributed by atoms with Crippen molar-refractivity contribution < 1.29 is 4.74 Å². The quantitative estimate of drug-likeness (QED) is 0.868. The largest absolute Gasteiger partial charge is 0.378 e. The highest BCUT2D eigenvalue weighted by Crippen LogP contribution is 2.39. The molecule has 4 atom stereocenters. The van der Waals surface area contributed by atoms with E-state index in [0.717, 1.165) is 30.6 Å². The second kappa shape index (κ2) is 7.58. The van der Waals surface area contributed by atoms with Crippen LogP contribution in [0, 0.1) is 5.92 Å². The summed E-state index contributed by atoms with van der Waals surface area (Å²) in [6, 6.07) is 0. The Hall–Kier alpha value is -0.900. The predicted molar refractivity (Wildman–Crippen MR) is 88.0 cm³/mol. The van der Waals surface area contributed by atoms with Crippen LogP contribution in [0.4, 0.5) is 0 Å². The number of rotatable bonds is 5. The van der Waals surface area contributed by atoms with Gasteiger partial charge in [-0.1, -0.05) is 32.6 Å². The molecule has 0 saturated heterocycles. The van der Waals surface area contributed by atoms with Gasteiger partial charge in [0, 0.05) is 18.4 Å². The summed E-state index contributed by atoms with van der Waals surface area (Å²) in [5.74, 6) is 4.07. The molecule has 0 aliphatic heterocycles. The molecule has 4 unspecified atom stereocenters. The molecule has 2 aliphatic carbocycles. The van der Waals surface area contributed by atoms with Crippen LogP contribution in [0.3, 0.4) is 0 Å². The van der Waals surface area contributed by atoms with E-state index in [9.17, 15) is 0 Å². The highest BCUT2D eigenvalue weighted by molar-refractivity contribution is 5.06. The monoisotopic (exact) mass is 305 g/mol. The van der Waals surface area contributed by atoms with Gasteiger partial charge in [0.1, 0.15) is 5.82 Å². The molecule has 0 bridgehead atoms. The van der Waals surface area contributed by atoms with Crippen LogP contribution in [-0.4, -0.2) is 27.9 Å². The standard InChI is InChI=1S/C18H31N3O/c1-3-13-8-5-6-11-16(13)18-19-17(20-21-18)14-9-7-10-15(12-14)22-4-2/h13-16H,3-12H2,1-2H3,(H,19,20,21). The first-order valence-corrected chi connectivity index (χ1v) is 9.35. The maximum atomic E-state index is 5.83. The third kappa shape index (κ3) is 3.53. The summed E-state index contributed by atoms with van der Waals surface area (Å²) in [5.41, 5.74) is 0. The van der Waals surface area contributed by atoms with Crippen LogP contribution < -0.4 is 0 Å². The molecule has 0 radical (unpaired) electrons. The van der Waals surface area contributed by atoms with Crippen LogP contribution in [0.15, 0.2) is 0 Å². The Kier molecular flexibility index (Phi) is 5.51. The summed E-state index contributed by atoms with van der Waals surface area (Å²) in [5, 5.41) is 7.87. The fourth-order valence-corrected chi connectivity index (χ4v) is 4.46. The molecule has 2 aliphatic rings. The van der Waals surface area contributed by atoms with Gasteiger partial charge in [0.15, 0.2) is 5.82 Å². The number of H-pyrrole nitrogens is 1. The Morgan fingerprint density at radius 1 is 1.09 bits per heavy atom. The lowest BCUT2D eigenvalue weighted by atomic mass is 9.77. The van der Waals surface area contributed by atoms with Crippen molar-refractivity contribution in [2.75, 3.05) is 6.61 Å². The first kappa shape index (κ1) is 16.0. The van der Waals surface area contributed by atoms with Crippen LogP contribution >= 0.6 is 0 Å². The van der Waals surface area contributed by atoms with Gasteiger partial charge in [-0.05, 0) is 44.9 Å².